The zero-order valence-corrected chi connectivity index (χ0v) is 14.7. The van der Waals surface area contributed by atoms with Gasteiger partial charge < -0.3 is 15.1 Å². The lowest BCUT2D eigenvalue weighted by atomic mass is 10.3. The Morgan fingerprint density at radius 3 is 2.54 bits per heavy atom. The minimum absolute atomic E-state index is 0.0945. The maximum Gasteiger partial charge on any atom is 0.274 e. The summed E-state index contributed by atoms with van der Waals surface area (Å²) in [6.07, 6.45) is 2.99. The van der Waals surface area contributed by atoms with Gasteiger partial charge in [-0.15, -0.1) is 0 Å². The molecule has 1 aliphatic rings. The summed E-state index contributed by atoms with van der Waals surface area (Å²) in [5.41, 5.74) is 0.971. The molecule has 1 N–H and O–H groups in total. The van der Waals surface area contributed by atoms with Crippen molar-refractivity contribution in [3.8, 4) is 0 Å². The van der Waals surface area contributed by atoms with Crippen LogP contribution < -0.4 is 5.32 Å². The van der Waals surface area contributed by atoms with E-state index in [-0.39, 0.29) is 5.91 Å². The number of benzene rings is 1. The van der Waals surface area contributed by atoms with Gasteiger partial charge in [-0.2, -0.15) is 0 Å². The number of amides is 1. The van der Waals surface area contributed by atoms with Crippen molar-refractivity contribution >= 4 is 40.6 Å². The van der Waals surface area contributed by atoms with Gasteiger partial charge >= 0.3 is 0 Å². The van der Waals surface area contributed by atoms with Gasteiger partial charge in [0.2, 0.25) is 0 Å². The second-order valence-electron chi connectivity index (χ2n) is 5.61. The van der Waals surface area contributed by atoms with Crippen molar-refractivity contribution in [3.63, 3.8) is 0 Å². The molecule has 6 nitrogen and oxygen atoms in total. The third kappa shape index (κ3) is 3.77. The molecule has 3 rings (SSSR count). The molecule has 0 bridgehead atoms. The molecule has 0 saturated carbocycles. The maximum absolute atomic E-state index is 12.4. The van der Waals surface area contributed by atoms with Gasteiger partial charge in [0.1, 0.15) is 11.5 Å². The molecule has 8 heteroatoms. The van der Waals surface area contributed by atoms with Crippen molar-refractivity contribution in [2.45, 2.75) is 0 Å². The highest BCUT2D eigenvalue weighted by atomic mass is 35.5. The normalized spacial score (nSPS) is 15.4. The number of carbonyl (C=O) groups excluding carboxylic acids is 1. The minimum atomic E-state index is -0.0945. The Labute approximate surface area is 150 Å². The largest absolute Gasteiger partial charge is 0.338 e. The number of hydrogen-bond donors (Lipinski definition) is 1. The second-order valence-corrected chi connectivity index (χ2v) is 6.39. The molecule has 1 amide bonds. The van der Waals surface area contributed by atoms with Gasteiger partial charge in [-0.25, -0.2) is 9.97 Å². The minimum Gasteiger partial charge on any atom is -0.338 e. The Morgan fingerprint density at radius 1 is 1.12 bits per heavy atom. The standard InChI is InChI=1S/C16H17Cl2N5O/c1-22-5-7-23(8-6-22)16(24)13-9-20-14(10-19-13)21-12-4-2-3-11(17)15(12)18/h2-4,9-10H,5-8H2,1H3,(H,20,21). The lowest BCUT2D eigenvalue weighted by Crippen LogP contribution is -2.47. The molecule has 1 saturated heterocycles. The summed E-state index contributed by atoms with van der Waals surface area (Å²) < 4.78 is 0. The first-order chi connectivity index (χ1) is 11.5. The maximum atomic E-state index is 12.4. The van der Waals surface area contributed by atoms with Crippen LogP contribution in [-0.4, -0.2) is 58.9 Å². The summed E-state index contributed by atoms with van der Waals surface area (Å²) in [6, 6.07) is 5.28. The van der Waals surface area contributed by atoms with Gasteiger partial charge in [-0.1, -0.05) is 29.3 Å². The molecule has 2 heterocycles. The number of nitrogens with zero attached hydrogens (tertiary/aromatic N) is 4. The fourth-order valence-corrected chi connectivity index (χ4v) is 2.76. The van der Waals surface area contributed by atoms with Gasteiger partial charge in [-0.05, 0) is 19.2 Å². The molecule has 1 fully saturated rings. The van der Waals surface area contributed by atoms with E-state index in [0.717, 1.165) is 13.1 Å². The average Bonchev–Trinajstić information content (AvgIpc) is 2.60. The molecule has 0 atom stereocenters. The highest BCUT2D eigenvalue weighted by Gasteiger charge is 2.21. The number of hydrogen-bond acceptors (Lipinski definition) is 5. The topological polar surface area (TPSA) is 61.4 Å². The van der Waals surface area contributed by atoms with Gasteiger partial charge in [0.15, 0.2) is 0 Å². The van der Waals surface area contributed by atoms with E-state index in [1.54, 1.807) is 23.1 Å². The van der Waals surface area contributed by atoms with Crippen molar-refractivity contribution in [2.24, 2.45) is 0 Å². The van der Waals surface area contributed by atoms with Crippen LogP contribution in [0.4, 0.5) is 11.5 Å². The molecule has 1 aromatic carbocycles. The van der Waals surface area contributed by atoms with Crippen molar-refractivity contribution in [1.82, 2.24) is 19.8 Å². The van der Waals surface area contributed by atoms with Crippen LogP contribution in [0.25, 0.3) is 0 Å². The Morgan fingerprint density at radius 2 is 1.88 bits per heavy atom. The Hall–Kier alpha value is -1.89. The first kappa shape index (κ1) is 17.0. The van der Waals surface area contributed by atoms with E-state index >= 15 is 0 Å². The number of piperazine rings is 1. The Bertz CT molecular complexity index is 730. The summed E-state index contributed by atoms with van der Waals surface area (Å²) in [5.74, 6) is 0.400. The van der Waals surface area contributed by atoms with Gasteiger partial charge in [0.25, 0.3) is 5.91 Å². The summed E-state index contributed by atoms with van der Waals surface area (Å²) in [7, 11) is 2.04. The number of aromatic nitrogens is 2. The third-order valence-electron chi connectivity index (χ3n) is 3.88. The smallest absolute Gasteiger partial charge is 0.274 e. The van der Waals surface area contributed by atoms with Crippen LogP contribution >= 0.6 is 23.2 Å². The van der Waals surface area contributed by atoms with Gasteiger partial charge in [0, 0.05) is 26.2 Å². The van der Waals surface area contributed by atoms with Crippen LogP contribution in [0.5, 0.6) is 0 Å². The van der Waals surface area contributed by atoms with Crippen LogP contribution in [0.1, 0.15) is 10.5 Å². The van der Waals surface area contributed by atoms with E-state index < -0.39 is 0 Å². The fourth-order valence-electron chi connectivity index (χ4n) is 2.41. The van der Waals surface area contributed by atoms with E-state index in [0.29, 0.717) is 40.3 Å². The number of nitrogens with one attached hydrogen (secondary N) is 1. The van der Waals surface area contributed by atoms with Crippen molar-refractivity contribution in [1.29, 1.82) is 0 Å². The molecule has 1 aromatic heterocycles. The van der Waals surface area contributed by atoms with Gasteiger partial charge in [0.05, 0.1) is 28.1 Å². The number of carbonyl (C=O) groups is 1. The Balaban J connectivity index is 1.69. The van der Waals surface area contributed by atoms with E-state index in [9.17, 15) is 4.79 Å². The van der Waals surface area contributed by atoms with Crippen LogP contribution in [0, 0.1) is 0 Å². The Kier molecular flexibility index (Phi) is 5.18. The lowest BCUT2D eigenvalue weighted by Gasteiger charge is -2.32. The summed E-state index contributed by atoms with van der Waals surface area (Å²) >= 11 is 12.1. The van der Waals surface area contributed by atoms with Crippen molar-refractivity contribution < 1.29 is 4.79 Å². The number of halogens is 2. The predicted molar refractivity (Wildman–Crippen MR) is 95.2 cm³/mol. The van der Waals surface area contributed by atoms with Crippen LogP contribution in [0.3, 0.4) is 0 Å². The average molecular weight is 366 g/mol. The van der Waals surface area contributed by atoms with E-state index in [1.807, 2.05) is 7.05 Å². The number of rotatable bonds is 3. The highest BCUT2D eigenvalue weighted by Crippen LogP contribution is 2.31. The zero-order valence-electron chi connectivity index (χ0n) is 13.2. The number of likely N-dealkylation sites (N-methyl/N-ethyl adjacent to an activating group) is 1. The summed E-state index contributed by atoms with van der Waals surface area (Å²) in [6.45, 7) is 3.14. The zero-order chi connectivity index (χ0) is 17.1. The summed E-state index contributed by atoms with van der Waals surface area (Å²) in [5, 5.41) is 3.91. The van der Waals surface area contributed by atoms with E-state index in [4.69, 9.17) is 23.2 Å². The fraction of sp³-hybridized carbons (Fsp3) is 0.312. The summed E-state index contributed by atoms with van der Waals surface area (Å²) in [4.78, 5) is 24.9. The van der Waals surface area contributed by atoms with E-state index in [1.165, 1.54) is 12.4 Å². The van der Waals surface area contributed by atoms with Crippen LogP contribution in [-0.2, 0) is 0 Å². The quantitative estimate of drug-likeness (QED) is 0.905. The first-order valence-electron chi connectivity index (χ1n) is 7.55. The highest BCUT2D eigenvalue weighted by molar-refractivity contribution is 6.43. The predicted octanol–water partition coefficient (Wildman–Crippen LogP) is 2.91. The molecule has 1 aliphatic heterocycles. The molecule has 0 radical (unpaired) electrons. The molecule has 24 heavy (non-hydrogen) atoms. The van der Waals surface area contributed by atoms with Crippen molar-refractivity contribution in [3.05, 3.63) is 46.3 Å². The lowest BCUT2D eigenvalue weighted by molar-refractivity contribution is 0.0658. The van der Waals surface area contributed by atoms with Crippen LogP contribution in [0.15, 0.2) is 30.6 Å². The molecular formula is C16H17Cl2N5O. The van der Waals surface area contributed by atoms with E-state index in [2.05, 4.69) is 20.2 Å². The van der Waals surface area contributed by atoms with Crippen LogP contribution in [0.2, 0.25) is 10.0 Å². The van der Waals surface area contributed by atoms with Gasteiger partial charge in [-0.3, -0.25) is 4.79 Å². The molecule has 0 spiro atoms. The van der Waals surface area contributed by atoms with Crippen molar-refractivity contribution in [2.75, 3.05) is 38.5 Å². The third-order valence-corrected chi connectivity index (χ3v) is 4.69. The molecule has 0 unspecified atom stereocenters. The molecule has 126 valence electrons. The first-order valence-corrected chi connectivity index (χ1v) is 8.31. The monoisotopic (exact) mass is 365 g/mol. The molecule has 2 aromatic rings. The second kappa shape index (κ2) is 7.34. The molecule has 0 aliphatic carbocycles. The SMILES string of the molecule is CN1CCN(C(=O)c2cnc(Nc3cccc(Cl)c3Cl)cn2)CC1. The molecular weight excluding hydrogens is 349 g/mol. The number of anilines is 2.